The fourth-order valence-electron chi connectivity index (χ4n) is 2.24. The zero-order chi connectivity index (χ0) is 10.9. The summed E-state index contributed by atoms with van der Waals surface area (Å²) in [5.41, 5.74) is 0.322. The second kappa shape index (κ2) is 3.92. The molecule has 0 aromatic rings. The minimum Gasteiger partial charge on any atom is -0.342 e. The van der Waals surface area contributed by atoms with E-state index in [1.54, 1.807) is 6.92 Å². The van der Waals surface area contributed by atoms with E-state index >= 15 is 0 Å². The van der Waals surface area contributed by atoms with Crippen molar-refractivity contribution < 1.29 is 4.79 Å². The van der Waals surface area contributed by atoms with Crippen molar-refractivity contribution in [3.8, 4) is 0 Å². The average molecular weight is 197 g/mol. The molecule has 1 aliphatic rings. The third kappa shape index (κ3) is 2.73. The second-order valence-electron chi connectivity index (χ2n) is 5.83. The molecule has 82 valence electrons. The van der Waals surface area contributed by atoms with E-state index in [1.165, 1.54) is 6.42 Å². The van der Waals surface area contributed by atoms with E-state index in [1.807, 2.05) is 4.90 Å². The molecule has 2 atom stereocenters. The summed E-state index contributed by atoms with van der Waals surface area (Å²) in [7, 11) is 0. The molecule has 1 heterocycles. The van der Waals surface area contributed by atoms with Gasteiger partial charge < -0.3 is 4.90 Å². The Balaban J connectivity index is 2.68. The van der Waals surface area contributed by atoms with Crippen LogP contribution in [0.3, 0.4) is 0 Å². The first kappa shape index (κ1) is 11.5. The van der Waals surface area contributed by atoms with Crippen molar-refractivity contribution in [3.63, 3.8) is 0 Å². The second-order valence-corrected chi connectivity index (χ2v) is 5.83. The minimum absolute atomic E-state index is 0.228. The van der Waals surface area contributed by atoms with Gasteiger partial charge in [0.15, 0.2) is 0 Å². The molecule has 0 radical (unpaired) electrons. The molecule has 2 nitrogen and oxygen atoms in total. The predicted molar refractivity (Wildman–Crippen MR) is 59.0 cm³/mol. The Morgan fingerprint density at radius 3 is 2.29 bits per heavy atom. The van der Waals surface area contributed by atoms with Gasteiger partial charge in [0.2, 0.25) is 5.91 Å². The third-order valence-corrected chi connectivity index (χ3v) is 3.33. The van der Waals surface area contributed by atoms with Gasteiger partial charge in [-0.1, -0.05) is 27.7 Å². The normalized spacial score (nSPS) is 29.1. The molecular weight excluding hydrogens is 174 g/mol. The fraction of sp³-hybridized carbons (Fsp3) is 0.917. The molecule has 0 spiro atoms. The maximum Gasteiger partial charge on any atom is 0.219 e. The Hall–Kier alpha value is -0.530. The predicted octanol–water partition coefficient (Wildman–Crippen LogP) is 2.54. The van der Waals surface area contributed by atoms with E-state index in [4.69, 9.17) is 0 Å². The van der Waals surface area contributed by atoms with Gasteiger partial charge in [-0.2, -0.15) is 0 Å². The molecule has 1 fully saturated rings. The van der Waals surface area contributed by atoms with Crippen LogP contribution in [0, 0.1) is 17.3 Å². The first-order valence-electron chi connectivity index (χ1n) is 5.56. The van der Waals surface area contributed by atoms with Crippen LogP contribution in [0.15, 0.2) is 0 Å². The van der Waals surface area contributed by atoms with Gasteiger partial charge in [0.1, 0.15) is 0 Å². The van der Waals surface area contributed by atoms with E-state index < -0.39 is 0 Å². The maximum atomic E-state index is 11.3. The number of piperidine rings is 1. The SMILES string of the molecule is CC(=O)N1C[C@H](C)C[C@@H](C(C)(C)C)C1. The molecule has 1 saturated heterocycles. The van der Waals surface area contributed by atoms with Gasteiger partial charge in [-0.3, -0.25) is 4.79 Å². The molecule has 0 unspecified atom stereocenters. The van der Waals surface area contributed by atoms with Gasteiger partial charge in [0.25, 0.3) is 0 Å². The number of rotatable bonds is 0. The molecule has 14 heavy (non-hydrogen) atoms. The lowest BCUT2D eigenvalue weighted by atomic mass is 9.74. The van der Waals surface area contributed by atoms with Crippen LogP contribution >= 0.6 is 0 Å². The number of hydrogen-bond acceptors (Lipinski definition) is 1. The summed E-state index contributed by atoms with van der Waals surface area (Å²) in [6, 6.07) is 0. The zero-order valence-corrected chi connectivity index (χ0v) is 10.1. The molecular formula is C12H23NO. The topological polar surface area (TPSA) is 20.3 Å². The monoisotopic (exact) mass is 197 g/mol. The Labute approximate surface area is 87.7 Å². The van der Waals surface area contributed by atoms with Crippen molar-refractivity contribution in [2.45, 2.75) is 41.0 Å². The van der Waals surface area contributed by atoms with Crippen molar-refractivity contribution in [1.29, 1.82) is 0 Å². The van der Waals surface area contributed by atoms with Gasteiger partial charge >= 0.3 is 0 Å². The average Bonchev–Trinajstić information content (AvgIpc) is 2.01. The summed E-state index contributed by atoms with van der Waals surface area (Å²) in [5.74, 6) is 1.53. The van der Waals surface area contributed by atoms with Crippen molar-refractivity contribution >= 4 is 5.91 Å². The molecule has 0 bridgehead atoms. The molecule has 0 saturated carbocycles. The molecule has 1 amide bonds. The standard InChI is InChI=1S/C12H23NO/c1-9-6-11(12(3,4)5)8-13(7-9)10(2)14/h9,11H,6-8H2,1-5H3/t9-,11-/m1/s1. The Bertz CT molecular complexity index is 217. The van der Waals surface area contributed by atoms with Gasteiger partial charge in [-0.25, -0.2) is 0 Å². The summed E-state index contributed by atoms with van der Waals surface area (Å²) in [6.07, 6.45) is 1.26. The molecule has 1 aliphatic heterocycles. The van der Waals surface area contributed by atoms with Crippen LogP contribution in [0.5, 0.6) is 0 Å². The molecule has 0 N–H and O–H groups in total. The van der Waals surface area contributed by atoms with E-state index in [-0.39, 0.29) is 5.91 Å². The van der Waals surface area contributed by atoms with Crippen LogP contribution < -0.4 is 0 Å². The largest absolute Gasteiger partial charge is 0.342 e. The van der Waals surface area contributed by atoms with E-state index in [0.717, 1.165) is 13.1 Å². The number of amides is 1. The third-order valence-electron chi connectivity index (χ3n) is 3.33. The Kier molecular flexibility index (Phi) is 3.23. The van der Waals surface area contributed by atoms with Crippen molar-refractivity contribution in [2.75, 3.05) is 13.1 Å². The summed E-state index contributed by atoms with van der Waals surface area (Å²) in [4.78, 5) is 13.3. The Morgan fingerprint density at radius 2 is 1.86 bits per heavy atom. The number of nitrogens with zero attached hydrogens (tertiary/aromatic N) is 1. The minimum atomic E-state index is 0.228. The summed E-state index contributed by atoms with van der Waals surface area (Å²) in [5, 5.41) is 0. The van der Waals surface area contributed by atoms with Gasteiger partial charge in [-0.15, -0.1) is 0 Å². The van der Waals surface area contributed by atoms with Crippen LogP contribution in [0.25, 0.3) is 0 Å². The highest BCUT2D eigenvalue weighted by Gasteiger charge is 2.33. The lowest BCUT2D eigenvalue weighted by molar-refractivity contribution is -0.132. The lowest BCUT2D eigenvalue weighted by Crippen LogP contribution is -2.45. The van der Waals surface area contributed by atoms with Crippen LogP contribution in [0.1, 0.15) is 41.0 Å². The number of carbonyl (C=O) groups is 1. The zero-order valence-electron chi connectivity index (χ0n) is 10.1. The van der Waals surface area contributed by atoms with Crippen LogP contribution in [0.4, 0.5) is 0 Å². The van der Waals surface area contributed by atoms with Crippen LogP contribution in [-0.4, -0.2) is 23.9 Å². The van der Waals surface area contributed by atoms with Crippen LogP contribution in [-0.2, 0) is 4.79 Å². The first-order valence-corrected chi connectivity index (χ1v) is 5.56. The maximum absolute atomic E-state index is 11.3. The lowest BCUT2D eigenvalue weighted by Gasteiger charge is -2.42. The number of hydrogen-bond donors (Lipinski definition) is 0. The summed E-state index contributed by atoms with van der Waals surface area (Å²) < 4.78 is 0. The smallest absolute Gasteiger partial charge is 0.219 e. The van der Waals surface area contributed by atoms with Gasteiger partial charge in [0, 0.05) is 20.0 Å². The van der Waals surface area contributed by atoms with Gasteiger partial charge in [-0.05, 0) is 23.7 Å². The van der Waals surface area contributed by atoms with E-state index in [0.29, 0.717) is 17.3 Å². The molecule has 1 rings (SSSR count). The highest BCUT2D eigenvalue weighted by molar-refractivity contribution is 5.73. The molecule has 2 heteroatoms. The fourth-order valence-corrected chi connectivity index (χ4v) is 2.24. The quantitative estimate of drug-likeness (QED) is 0.584. The molecule has 0 aromatic heterocycles. The highest BCUT2D eigenvalue weighted by atomic mass is 16.2. The number of likely N-dealkylation sites (tertiary alicyclic amines) is 1. The summed E-state index contributed by atoms with van der Waals surface area (Å²) >= 11 is 0. The summed E-state index contributed by atoms with van der Waals surface area (Å²) in [6.45, 7) is 12.6. The van der Waals surface area contributed by atoms with E-state index in [9.17, 15) is 4.79 Å². The number of carbonyl (C=O) groups excluding carboxylic acids is 1. The Morgan fingerprint density at radius 1 is 1.29 bits per heavy atom. The van der Waals surface area contributed by atoms with Crippen molar-refractivity contribution in [3.05, 3.63) is 0 Å². The molecule has 0 aliphatic carbocycles. The molecule has 0 aromatic carbocycles. The van der Waals surface area contributed by atoms with Crippen molar-refractivity contribution in [2.24, 2.45) is 17.3 Å². The highest BCUT2D eigenvalue weighted by Crippen LogP contribution is 2.35. The first-order chi connectivity index (χ1) is 6.30. The van der Waals surface area contributed by atoms with Crippen LogP contribution in [0.2, 0.25) is 0 Å². The van der Waals surface area contributed by atoms with Crippen molar-refractivity contribution in [1.82, 2.24) is 4.90 Å². The van der Waals surface area contributed by atoms with E-state index in [2.05, 4.69) is 27.7 Å². The van der Waals surface area contributed by atoms with Gasteiger partial charge in [0.05, 0.1) is 0 Å².